The molecule has 0 unspecified atom stereocenters. The van der Waals surface area contributed by atoms with Gasteiger partial charge in [0.05, 0.1) is 12.1 Å². The van der Waals surface area contributed by atoms with E-state index in [4.69, 9.17) is 4.74 Å². The van der Waals surface area contributed by atoms with Crippen LogP contribution in [0.1, 0.15) is 136 Å². The van der Waals surface area contributed by atoms with E-state index in [1.54, 1.807) is 0 Å². The number of fused-ring (bicyclic) bond motifs is 2. The van der Waals surface area contributed by atoms with Gasteiger partial charge in [0.25, 0.3) is 0 Å². The van der Waals surface area contributed by atoms with Crippen molar-refractivity contribution < 1.29 is 23.9 Å². The first-order valence-electron chi connectivity index (χ1n) is 20.3. The van der Waals surface area contributed by atoms with E-state index in [0.29, 0.717) is 32.2 Å². The number of carbonyl (C=O) groups excluding carboxylic acids is 4. The second kappa shape index (κ2) is 18.7. The van der Waals surface area contributed by atoms with Crippen LogP contribution in [0.15, 0.2) is 72.8 Å². The molecule has 0 saturated carbocycles. The van der Waals surface area contributed by atoms with Gasteiger partial charge in [-0.1, -0.05) is 69.5 Å². The van der Waals surface area contributed by atoms with E-state index >= 15 is 0 Å². The fourth-order valence-electron chi connectivity index (χ4n) is 7.99. The fraction of sp³-hybridized carbons (Fsp3) is 0.511. The Kier molecular flexibility index (Phi) is 14.0. The van der Waals surface area contributed by atoms with Crippen LogP contribution in [0.3, 0.4) is 0 Å². The van der Waals surface area contributed by atoms with E-state index in [2.05, 4.69) is 30.5 Å². The van der Waals surface area contributed by atoms with Gasteiger partial charge >= 0.3 is 6.09 Å². The van der Waals surface area contributed by atoms with Gasteiger partial charge in [0.1, 0.15) is 5.60 Å². The molecule has 55 heavy (non-hydrogen) atoms. The Labute approximate surface area is 328 Å². The number of amides is 4. The largest absolute Gasteiger partial charge is 0.444 e. The fourth-order valence-corrected chi connectivity index (χ4v) is 7.99. The topological polar surface area (TPSA) is 111 Å². The average molecular weight is 752 g/mol. The zero-order valence-electron chi connectivity index (χ0n) is 33.9. The molecule has 0 saturated heterocycles. The predicted molar refractivity (Wildman–Crippen MR) is 221 cm³/mol. The van der Waals surface area contributed by atoms with Crippen molar-refractivity contribution in [3.63, 3.8) is 0 Å². The Morgan fingerprint density at radius 3 is 1.85 bits per heavy atom. The summed E-state index contributed by atoms with van der Waals surface area (Å²) in [5.41, 5.74) is 5.03. The molecule has 0 radical (unpaired) electrons. The number of nitrogens with zero attached hydrogens (tertiary/aromatic N) is 3. The smallest absolute Gasteiger partial charge is 0.410 e. The van der Waals surface area contributed by atoms with Gasteiger partial charge in [-0.3, -0.25) is 14.4 Å². The molecule has 0 aliphatic carbocycles. The standard InChI is InChI=1S/C45H61N5O5/c1-8-42(52)49-31(3)29-37(35-19-14-16-21-38(35)49)46-33-24-26-34(27-25-33)47-41(51)23-13-11-10-12-18-28-48(44(54)55-45(5,6)7)40-30-32(4)50(43(53)9-2)39-22-17-15-20-36(39)40/h14-17,19-22,24-27,31-32,37,40,46H,8-13,18,23,28-30H2,1-7H3,(H,47,51)/t31-,32-,37+,40+/m0/s1. The Balaban J connectivity index is 1.08. The lowest BCUT2D eigenvalue weighted by Crippen LogP contribution is -2.48. The van der Waals surface area contributed by atoms with Gasteiger partial charge in [-0.05, 0) is 108 Å². The van der Waals surface area contributed by atoms with Gasteiger partial charge in [0.2, 0.25) is 17.7 Å². The van der Waals surface area contributed by atoms with Crippen molar-refractivity contribution in [1.82, 2.24) is 4.90 Å². The zero-order chi connectivity index (χ0) is 39.7. The molecule has 3 aromatic rings. The first-order chi connectivity index (χ1) is 26.3. The maximum atomic E-state index is 13.6. The second-order valence-electron chi connectivity index (χ2n) is 16.1. The van der Waals surface area contributed by atoms with Crippen LogP contribution in [0, 0.1) is 0 Å². The molecule has 10 heteroatoms. The minimum Gasteiger partial charge on any atom is -0.444 e. The minimum atomic E-state index is -0.625. The number of nitrogens with one attached hydrogen (secondary N) is 2. The monoisotopic (exact) mass is 751 g/mol. The van der Waals surface area contributed by atoms with Gasteiger partial charge in [-0.25, -0.2) is 4.79 Å². The molecule has 10 nitrogen and oxygen atoms in total. The van der Waals surface area contributed by atoms with Crippen LogP contribution >= 0.6 is 0 Å². The molecular formula is C45H61N5O5. The number of anilines is 4. The molecular weight excluding hydrogens is 691 g/mol. The van der Waals surface area contributed by atoms with Crippen LogP contribution in [0.25, 0.3) is 0 Å². The van der Waals surface area contributed by atoms with Crippen LogP contribution in [-0.4, -0.2) is 52.9 Å². The Morgan fingerprint density at radius 1 is 0.709 bits per heavy atom. The third kappa shape index (κ3) is 10.5. The van der Waals surface area contributed by atoms with Gasteiger partial charge in [0.15, 0.2) is 0 Å². The summed E-state index contributed by atoms with van der Waals surface area (Å²) in [6, 6.07) is 23.8. The Morgan fingerprint density at radius 2 is 1.24 bits per heavy atom. The summed E-state index contributed by atoms with van der Waals surface area (Å²) in [5, 5.41) is 6.68. The van der Waals surface area contributed by atoms with Crippen LogP contribution in [0.5, 0.6) is 0 Å². The van der Waals surface area contributed by atoms with Crippen molar-refractivity contribution in [2.45, 2.75) is 142 Å². The Hall–Kier alpha value is -4.86. The van der Waals surface area contributed by atoms with Crippen LogP contribution in [0.4, 0.5) is 27.5 Å². The number of hydrogen-bond donors (Lipinski definition) is 2. The molecule has 2 aliphatic heterocycles. The third-order valence-corrected chi connectivity index (χ3v) is 10.6. The second-order valence-corrected chi connectivity index (χ2v) is 16.1. The zero-order valence-corrected chi connectivity index (χ0v) is 33.9. The van der Waals surface area contributed by atoms with E-state index in [1.165, 1.54) is 0 Å². The first kappa shape index (κ1) is 41.3. The molecule has 0 aromatic heterocycles. The number of benzene rings is 3. The van der Waals surface area contributed by atoms with Crippen LogP contribution in [0.2, 0.25) is 0 Å². The normalized spacial score (nSPS) is 19.2. The van der Waals surface area contributed by atoms with Crippen molar-refractivity contribution >= 4 is 46.6 Å². The lowest BCUT2D eigenvalue weighted by atomic mass is 9.90. The van der Waals surface area contributed by atoms with Gasteiger partial charge in [-0.2, -0.15) is 0 Å². The highest BCUT2D eigenvalue weighted by molar-refractivity contribution is 5.96. The summed E-state index contributed by atoms with van der Waals surface area (Å²) >= 11 is 0. The molecule has 5 rings (SSSR count). The predicted octanol–water partition coefficient (Wildman–Crippen LogP) is 10.2. The molecule has 3 aromatic carbocycles. The molecule has 2 N–H and O–H groups in total. The van der Waals surface area contributed by atoms with Crippen molar-refractivity contribution in [3.8, 4) is 0 Å². The molecule has 0 fully saturated rings. The highest BCUT2D eigenvalue weighted by atomic mass is 16.6. The van der Waals surface area contributed by atoms with Crippen LogP contribution < -0.4 is 20.4 Å². The molecule has 0 bridgehead atoms. The van der Waals surface area contributed by atoms with Gasteiger partial charge in [0, 0.05) is 60.6 Å². The Bertz CT molecular complexity index is 1790. The molecule has 0 spiro atoms. The van der Waals surface area contributed by atoms with Gasteiger partial charge < -0.3 is 30.1 Å². The first-order valence-corrected chi connectivity index (χ1v) is 20.3. The lowest BCUT2D eigenvalue weighted by Gasteiger charge is -2.43. The number of unbranched alkanes of at least 4 members (excludes halogenated alkanes) is 4. The van der Waals surface area contributed by atoms with E-state index in [9.17, 15) is 19.2 Å². The summed E-state index contributed by atoms with van der Waals surface area (Å²) < 4.78 is 5.89. The number of para-hydroxylation sites is 2. The number of rotatable bonds is 14. The van der Waals surface area contributed by atoms with Crippen LogP contribution in [-0.2, 0) is 19.1 Å². The highest BCUT2D eigenvalue weighted by Gasteiger charge is 2.39. The lowest BCUT2D eigenvalue weighted by molar-refractivity contribution is -0.119. The van der Waals surface area contributed by atoms with Crippen molar-refractivity contribution in [2.24, 2.45) is 0 Å². The summed E-state index contributed by atoms with van der Waals surface area (Å²) in [6.07, 6.45) is 6.86. The summed E-state index contributed by atoms with van der Waals surface area (Å²) in [6.45, 7) is 14.1. The molecule has 4 atom stereocenters. The van der Waals surface area contributed by atoms with E-state index < -0.39 is 5.60 Å². The number of hydrogen-bond acceptors (Lipinski definition) is 6. The highest BCUT2D eigenvalue weighted by Crippen LogP contribution is 2.42. The number of carbonyl (C=O) groups is 4. The quantitative estimate of drug-likeness (QED) is 0.159. The van der Waals surface area contributed by atoms with E-state index in [0.717, 1.165) is 72.4 Å². The minimum absolute atomic E-state index is 0.00629. The summed E-state index contributed by atoms with van der Waals surface area (Å²) in [5.74, 6) is 0.211. The molecule has 4 amide bonds. The van der Waals surface area contributed by atoms with E-state index in [-0.39, 0.29) is 48.0 Å². The number of ether oxygens (including phenoxy) is 1. The van der Waals surface area contributed by atoms with E-state index in [1.807, 2.05) is 116 Å². The van der Waals surface area contributed by atoms with Crippen molar-refractivity contribution in [3.05, 3.63) is 83.9 Å². The average Bonchev–Trinajstić information content (AvgIpc) is 3.15. The third-order valence-electron chi connectivity index (χ3n) is 10.6. The molecule has 2 heterocycles. The van der Waals surface area contributed by atoms with Crippen molar-refractivity contribution in [1.29, 1.82) is 0 Å². The SMILES string of the molecule is CCC(=O)N1c2ccccc2[C@H](N(CCCCCCCC(=O)Nc2ccc(N[C@@H]3C[C@H](C)N(C(=O)CC)c4ccccc43)cc2)C(=O)OC(C)(C)C)C[C@@H]1C. The molecule has 2 aliphatic rings. The molecule has 296 valence electrons. The summed E-state index contributed by atoms with van der Waals surface area (Å²) in [4.78, 5) is 57.7. The van der Waals surface area contributed by atoms with Crippen molar-refractivity contribution in [2.75, 3.05) is 27.0 Å². The van der Waals surface area contributed by atoms with Gasteiger partial charge in [-0.15, -0.1) is 0 Å². The summed E-state index contributed by atoms with van der Waals surface area (Å²) in [7, 11) is 0. The maximum Gasteiger partial charge on any atom is 0.410 e. The maximum absolute atomic E-state index is 13.6.